The molecule has 150 valence electrons. The molecular weight excluding hydrogens is 364 g/mol. The van der Waals surface area contributed by atoms with Gasteiger partial charge >= 0.3 is 0 Å². The monoisotopic (exact) mass is 390 g/mol. The quantitative estimate of drug-likeness (QED) is 0.698. The average Bonchev–Trinajstić information content (AvgIpc) is 3.18. The number of likely N-dealkylation sites (tertiary alicyclic amines) is 1. The number of nitrogens with zero attached hydrogens (tertiary/aromatic N) is 5. The maximum absolute atomic E-state index is 11.6. The van der Waals surface area contributed by atoms with Crippen LogP contribution in [0, 0.1) is 12.8 Å². The molecule has 1 fully saturated rings. The molecule has 2 aromatic carbocycles. The van der Waals surface area contributed by atoms with Crippen molar-refractivity contribution in [2.24, 2.45) is 11.7 Å². The molecule has 1 amide bonds. The van der Waals surface area contributed by atoms with E-state index < -0.39 is 0 Å². The zero-order valence-corrected chi connectivity index (χ0v) is 16.6. The van der Waals surface area contributed by atoms with E-state index in [-0.39, 0.29) is 17.9 Å². The maximum Gasteiger partial charge on any atom is 0.220 e. The van der Waals surface area contributed by atoms with Crippen LogP contribution in [0.5, 0.6) is 0 Å². The van der Waals surface area contributed by atoms with Crippen LogP contribution < -0.4 is 5.73 Å². The summed E-state index contributed by atoms with van der Waals surface area (Å²) in [5.74, 6) is 0.561. The first-order valence-electron chi connectivity index (χ1n) is 10.0. The molecule has 1 aliphatic heterocycles. The predicted molar refractivity (Wildman–Crippen MR) is 110 cm³/mol. The molecule has 0 saturated carbocycles. The summed E-state index contributed by atoms with van der Waals surface area (Å²) >= 11 is 0. The van der Waals surface area contributed by atoms with E-state index in [4.69, 9.17) is 5.73 Å². The number of piperidine rings is 1. The third-order valence-electron chi connectivity index (χ3n) is 5.67. The number of nitrogens with two attached hydrogens (primary N) is 1. The topological polar surface area (TPSA) is 89.9 Å². The van der Waals surface area contributed by atoms with Crippen LogP contribution in [0.3, 0.4) is 0 Å². The van der Waals surface area contributed by atoms with E-state index >= 15 is 0 Å². The molecule has 1 unspecified atom stereocenters. The van der Waals surface area contributed by atoms with E-state index in [2.05, 4.69) is 63.7 Å². The normalized spacial score (nSPS) is 16.6. The largest absolute Gasteiger partial charge is 0.369 e. The first-order valence-corrected chi connectivity index (χ1v) is 10.0. The molecule has 2 heterocycles. The van der Waals surface area contributed by atoms with Gasteiger partial charge in [0.05, 0.1) is 12.6 Å². The summed E-state index contributed by atoms with van der Waals surface area (Å²) in [7, 11) is 0. The van der Waals surface area contributed by atoms with E-state index in [1.165, 1.54) is 5.56 Å². The van der Waals surface area contributed by atoms with Crippen LogP contribution in [0.25, 0.3) is 0 Å². The number of rotatable bonds is 6. The zero-order chi connectivity index (χ0) is 20.2. The lowest BCUT2D eigenvalue weighted by Crippen LogP contribution is -2.41. The van der Waals surface area contributed by atoms with Gasteiger partial charge in [0, 0.05) is 5.92 Å². The van der Waals surface area contributed by atoms with Gasteiger partial charge in [0.15, 0.2) is 5.82 Å². The summed E-state index contributed by atoms with van der Waals surface area (Å²) in [6.45, 7) is 4.26. The number of amides is 1. The van der Waals surface area contributed by atoms with Gasteiger partial charge in [0.2, 0.25) is 5.91 Å². The Kier molecular flexibility index (Phi) is 5.67. The van der Waals surface area contributed by atoms with Gasteiger partial charge in [-0.05, 0) is 54.4 Å². The van der Waals surface area contributed by atoms with Crippen molar-refractivity contribution in [1.82, 2.24) is 25.1 Å². The fourth-order valence-electron chi connectivity index (χ4n) is 3.99. The molecule has 7 nitrogen and oxygen atoms in total. The number of primary amides is 1. The lowest BCUT2D eigenvalue weighted by atomic mass is 9.93. The molecule has 2 N–H and O–H groups in total. The molecule has 0 radical (unpaired) electrons. The Labute approximate surface area is 170 Å². The Bertz CT molecular complexity index is 945. The van der Waals surface area contributed by atoms with E-state index in [9.17, 15) is 4.79 Å². The zero-order valence-electron chi connectivity index (χ0n) is 16.6. The van der Waals surface area contributed by atoms with E-state index in [1.807, 2.05) is 22.9 Å². The summed E-state index contributed by atoms with van der Waals surface area (Å²) in [6.07, 6.45) is 1.52. The SMILES string of the molecule is Cc1ccc(C(c2nnnn2Cc2ccccc2)N2CCC(C(N)=O)CC2)cc1. The third kappa shape index (κ3) is 4.35. The number of carbonyl (C=O) groups is 1. The van der Waals surface area contributed by atoms with E-state index in [1.54, 1.807) is 0 Å². The minimum absolute atomic E-state index is 0.0507. The second-order valence-electron chi connectivity index (χ2n) is 7.71. The summed E-state index contributed by atoms with van der Waals surface area (Å²) in [6, 6.07) is 18.6. The number of aryl methyl sites for hydroxylation is 1. The van der Waals surface area contributed by atoms with Crippen molar-refractivity contribution in [3.63, 3.8) is 0 Å². The molecule has 4 rings (SSSR count). The van der Waals surface area contributed by atoms with Crippen molar-refractivity contribution in [2.75, 3.05) is 13.1 Å². The van der Waals surface area contributed by atoms with Crippen molar-refractivity contribution < 1.29 is 4.79 Å². The Morgan fingerprint density at radius 3 is 2.45 bits per heavy atom. The molecule has 3 aromatic rings. The number of hydrogen-bond acceptors (Lipinski definition) is 5. The molecule has 1 saturated heterocycles. The maximum atomic E-state index is 11.6. The van der Waals surface area contributed by atoms with E-state index in [0.717, 1.165) is 42.9 Å². The van der Waals surface area contributed by atoms with Crippen molar-refractivity contribution in [2.45, 2.75) is 32.4 Å². The van der Waals surface area contributed by atoms with Gasteiger partial charge in [-0.1, -0.05) is 60.2 Å². The van der Waals surface area contributed by atoms with Gasteiger partial charge < -0.3 is 5.73 Å². The van der Waals surface area contributed by atoms with Gasteiger partial charge in [0.25, 0.3) is 0 Å². The fourth-order valence-corrected chi connectivity index (χ4v) is 3.99. The molecule has 0 bridgehead atoms. The molecule has 0 aliphatic carbocycles. The van der Waals surface area contributed by atoms with Crippen LogP contribution in [0.15, 0.2) is 54.6 Å². The first-order chi connectivity index (χ1) is 14.1. The molecule has 1 aliphatic rings. The molecule has 7 heteroatoms. The summed E-state index contributed by atoms with van der Waals surface area (Å²) in [4.78, 5) is 13.9. The van der Waals surface area contributed by atoms with Crippen LogP contribution >= 0.6 is 0 Å². The molecule has 29 heavy (non-hydrogen) atoms. The van der Waals surface area contributed by atoms with Crippen LogP contribution in [-0.4, -0.2) is 44.1 Å². The number of hydrogen-bond donors (Lipinski definition) is 1. The number of tetrazole rings is 1. The molecule has 1 atom stereocenters. The van der Waals surface area contributed by atoms with Gasteiger partial charge in [0.1, 0.15) is 0 Å². The van der Waals surface area contributed by atoms with Gasteiger partial charge in [-0.2, -0.15) is 0 Å². The highest BCUT2D eigenvalue weighted by Crippen LogP contribution is 2.31. The summed E-state index contributed by atoms with van der Waals surface area (Å²) in [5, 5.41) is 12.7. The van der Waals surface area contributed by atoms with Crippen molar-refractivity contribution in [3.8, 4) is 0 Å². The van der Waals surface area contributed by atoms with Crippen LogP contribution in [-0.2, 0) is 11.3 Å². The highest BCUT2D eigenvalue weighted by Gasteiger charge is 2.32. The van der Waals surface area contributed by atoms with Gasteiger partial charge in [-0.3, -0.25) is 9.69 Å². The highest BCUT2D eigenvalue weighted by atomic mass is 16.1. The lowest BCUT2D eigenvalue weighted by molar-refractivity contribution is -0.123. The summed E-state index contributed by atoms with van der Waals surface area (Å²) in [5.41, 5.74) is 9.04. The van der Waals surface area contributed by atoms with Gasteiger partial charge in [-0.25, -0.2) is 4.68 Å². The van der Waals surface area contributed by atoms with Crippen molar-refractivity contribution in [3.05, 3.63) is 77.1 Å². The average molecular weight is 390 g/mol. The number of carbonyl (C=O) groups excluding carboxylic acids is 1. The second-order valence-corrected chi connectivity index (χ2v) is 7.71. The Morgan fingerprint density at radius 2 is 1.79 bits per heavy atom. The molecule has 1 aromatic heterocycles. The number of benzene rings is 2. The third-order valence-corrected chi connectivity index (χ3v) is 5.67. The Morgan fingerprint density at radius 1 is 1.10 bits per heavy atom. The van der Waals surface area contributed by atoms with Crippen LogP contribution in [0.1, 0.15) is 41.4 Å². The second kappa shape index (κ2) is 8.53. The van der Waals surface area contributed by atoms with Crippen molar-refractivity contribution >= 4 is 5.91 Å². The first kappa shape index (κ1) is 19.3. The fraction of sp³-hybridized carbons (Fsp3) is 0.364. The standard InChI is InChI=1S/C22H26N6O/c1-16-7-9-18(10-8-16)20(27-13-11-19(12-14-27)21(23)29)22-24-25-26-28(22)15-17-5-3-2-4-6-17/h2-10,19-20H,11-15H2,1H3,(H2,23,29). The van der Waals surface area contributed by atoms with E-state index in [0.29, 0.717) is 6.54 Å². The minimum Gasteiger partial charge on any atom is -0.369 e. The van der Waals surface area contributed by atoms with Crippen LogP contribution in [0.4, 0.5) is 0 Å². The minimum atomic E-state index is -0.203. The van der Waals surface area contributed by atoms with Crippen molar-refractivity contribution in [1.29, 1.82) is 0 Å². The molecular formula is C22H26N6O. The number of aromatic nitrogens is 4. The Balaban J connectivity index is 1.66. The summed E-state index contributed by atoms with van der Waals surface area (Å²) < 4.78 is 1.88. The highest BCUT2D eigenvalue weighted by molar-refractivity contribution is 5.76. The smallest absolute Gasteiger partial charge is 0.220 e. The molecule has 0 spiro atoms. The lowest BCUT2D eigenvalue weighted by Gasteiger charge is -2.36. The predicted octanol–water partition coefficient (Wildman–Crippen LogP) is 2.32. The van der Waals surface area contributed by atoms with Gasteiger partial charge in [-0.15, -0.1) is 5.10 Å². The van der Waals surface area contributed by atoms with Crippen LogP contribution in [0.2, 0.25) is 0 Å². The Hall–Kier alpha value is -3.06.